The van der Waals surface area contributed by atoms with Crippen molar-refractivity contribution in [3.05, 3.63) is 65.7 Å². The zero-order valence-electron chi connectivity index (χ0n) is 13.6. The van der Waals surface area contributed by atoms with Crippen LogP contribution in [-0.2, 0) is 13.5 Å². The van der Waals surface area contributed by atoms with Crippen LogP contribution in [0.15, 0.2) is 59.8 Å². The van der Waals surface area contributed by atoms with Gasteiger partial charge in [-0.2, -0.15) is 0 Å². The molecule has 0 unspecified atom stereocenters. The molecule has 0 fully saturated rings. The summed E-state index contributed by atoms with van der Waals surface area (Å²) in [5.41, 5.74) is 3.76. The Labute approximate surface area is 141 Å². The summed E-state index contributed by atoms with van der Waals surface area (Å²) < 4.78 is 2.08. The molecule has 2 aromatic carbocycles. The van der Waals surface area contributed by atoms with Crippen LogP contribution in [0.4, 0.5) is 0 Å². The highest BCUT2D eigenvalue weighted by molar-refractivity contribution is 7.99. The second kappa shape index (κ2) is 7.47. The van der Waals surface area contributed by atoms with Crippen molar-refractivity contribution < 1.29 is 0 Å². The largest absolute Gasteiger partial charge is 0.305 e. The summed E-state index contributed by atoms with van der Waals surface area (Å²) in [4.78, 5) is 0. The minimum absolute atomic E-state index is 0.926. The van der Waals surface area contributed by atoms with Gasteiger partial charge in [0.1, 0.15) is 0 Å². The molecular formula is C19H21N3S. The molecule has 0 bridgehead atoms. The van der Waals surface area contributed by atoms with Crippen molar-refractivity contribution in [3.63, 3.8) is 0 Å². The quantitative estimate of drug-likeness (QED) is 0.494. The first kappa shape index (κ1) is 15.8. The smallest absolute Gasteiger partial charge is 0.191 e. The Bertz CT molecular complexity index is 748. The molecule has 3 aromatic rings. The maximum absolute atomic E-state index is 4.34. The summed E-state index contributed by atoms with van der Waals surface area (Å²) in [6.45, 7) is 2.09. The van der Waals surface area contributed by atoms with E-state index in [0.717, 1.165) is 35.1 Å². The minimum atomic E-state index is 0.926. The van der Waals surface area contributed by atoms with Crippen molar-refractivity contribution in [2.75, 3.05) is 5.75 Å². The standard InChI is InChI=1S/C19H21N3S/c1-15-10-12-17(13-11-15)18-20-21-19(22(18)2)23-14-6-9-16-7-4-3-5-8-16/h3-5,7-8,10-13H,6,9,14H2,1-2H3. The second-order valence-corrected chi connectivity index (χ2v) is 6.73. The molecule has 3 rings (SSSR count). The lowest BCUT2D eigenvalue weighted by molar-refractivity contribution is 0.791. The number of rotatable bonds is 6. The van der Waals surface area contributed by atoms with Gasteiger partial charge in [-0.15, -0.1) is 10.2 Å². The number of benzene rings is 2. The van der Waals surface area contributed by atoms with Crippen molar-refractivity contribution in [2.45, 2.75) is 24.9 Å². The third kappa shape index (κ3) is 4.02. The fourth-order valence-corrected chi connectivity index (χ4v) is 3.33. The van der Waals surface area contributed by atoms with Gasteiger partial charge in [-0.1, -0.05) is 71.9 Å². The molecule has 0 saturated heterocycles. The zero-order chi connectivity index (χ0) is 16.1. The molecule has 0 aliphatic rings. The Morgan fingerprint density at radius 1 is 0.957 bits per heavy atom. The van der Waals surface area contributed by atoms with Gasteiger partial charge in [0.2, 0.25) is 0 Å². The topological polar surface area (TPSA) is 30.7 Å². The van der Waals surface area contributed by atoms with E-state index in [2.05, 4.69) is 76.3 Å². The van der Waals surface area contributed by atoms with Gasteiger partial charge in [0, 0.05) is 18.4 Å². The molecule has 0 amide bonds. The van der Waals surface area contributed by atoms with Gasteiger partial charge in [-0.05, 0) is 25.3 Å². The predicted octanol–water partition coefficient (Wildman–Crippen LogP) is 4.52. The van der Waals surface area contributed by atoms with Crippen LogP contribution in [0.1, 0.15) is 17.5 Å². The molecule has 4 heteroatoms. The van der Waals surface area contributed by atoms with E-state index < -0.39 is 0 Å². The van der Waals surface area contributed by atoms with Gasteiger partial charge >= 0.3 is 0 Å². The van der Waals surface area contributed by atoms with Gasteiger partial charge in [0.05, 0.1) is 0 Å². The van der Waals surface area contributed by atoms with Crippen LogP contribution in [0.3, 0.4) is 0 Å². The number of hydrogen-bond donors (Lipinski definition) is 0. The van der Waals surface area contributed by atoms with Crippen LogP contribution >= 0.6 is 11.8 Å². The maximum Gasteiger partial charge on any atom is 0.191 e. The van der Waals surface area contributed by atoms with Crippen LogP contribution in [-0.4, -0.2) is 20.5 Å². The Morgan fingerprint density at radius 2 is 1.70 bits per heavy atom. The first-order valence-corrected chi connectivity index (χ1v) is 8.86. The number of aromatic nitrogens is 3. The lowest BCUT2D eigenvalue weighted by Gasteiger charge is -2.04. The normalized spacial score (nSPS) is 10.9. The van der Waals surface area contributed by atoms with Gasteiger partial charge in [0.15, 0.2) is 11.0 Å². The van der Waals surface area contributed by atoms with Gasteiger partial charge in [0.25, 0.3) is 0 Å². The van der Waals surface area contributed by atoms with Crippen molar-refractivity contribution >= 4 is 11.8 Å². The van der Waals surface area contributed by atoms with Crippen molar-refractivity contribution in [1.29, 1.82) is 0 Å². The summed E-state index contributed by atoms with van der Waals surface area (Å²) in [6, 6.07) is 19.0. The van der Waals surface area contributed by atoms with E-state index in [1.54, 1.807) is 11.8 Å². The van der Waals surface area contributed by atoms with E-state index >= 15 is 0 Å². The summed E-state index contributed by atoms with van der Waals surface area (Å²) in [5.74, 6) is 1.98. The Kier molecular flexibility index (Phi) is 5.13. The molecular weight excluding hydrogens is 302 g/mol. The highest BCUT2D eigenvalue weighted by Gasteiger charge is 2.10. The van der Waals surface area contributed by atoms with E-state index in [4.69, 9.17) is 0 Å². The van der Waals surface area contributed by atoms with Crippen LogP contribution in [0, 0.1) is 6.92 Å². The lowest BCUT2D eigenvalue weighted by atomic mass is 10.1. The molecule has 3 nitrogen and oxygen atoms in total. The number of aryl methyl sites for hydroxylation is 2. The molecule has 23 heavy (non-hydrogen) atoms. The molecule has 0 spiro atoms. The van der Waals surface area contributed by atoms with Crippen molar-refractivity contribution in [1.82, 2.24) is 14.8 Å². The maximum atomic E-state index is 4.34. The molecule has 0 saturated carbocycles. The first-order valence-electron chi connectivity index (χ1n) is 7.87. The van der Waals surface area contributed by atoms with Gasteiger partial charge in [-0.3, -0.25) is 0 Å². The highest BCUT2D eigenvalue weighted by atomic mass is 32.2. The van der Waals surface area contributed by atoms with Crippen molar-refractivity contribution in [2.24, 2.45) is 7.05 Å². The van der Waals surface area contributed by atoms with Crippen LogP contribution in [0.2, 0.25) is 0 Å². The summed E-state index contributed by atoms with van der Waals surface area (Å²) in [6.07, 6.45) is 2.25. The molecule has 118 valence electrons. The highest BCUT2D eigenvalue weighted by Crippen LogP contribution is 2.23. The van der Waals surface area contributed by atoms with E-state index in [1.807, 2.05) is 7.05 Å². The minimum Gasteiger partial charge on any atom is -0.305 e. The average Bonchev–Trinajstić information content (AvgIpc) is 2.94. The van der Waals surface area contributed by atoms with Crippen LogP contribution < -0.4 is 0 Å². The SMILES string of the molecule is Cc1ccc(-c2nnc(SCCCc3ccccc3)n2C)cc1. The lowest BCUT2D eigenvalue weighted by Crippen LogP contribution is -1.96. The number of hydrogen-bond acceptors (Lipinski definition) is 3. The third-order valence-corrected chi connectivity index (χ3v) is 4.93. The number of thioether (sulfide) groups is 1. The summed E-state index contributed by atoms with van der Waals surface area (Å²) >= 11 is 1.77. The summed E-state index contributed by atoms with van der Waals surface area (Å²) in [7, 11) is 2.04. The molecule has 1 heterocycles. The molecule has 1 aromatic heterocycles. The monoisotopic (exact) mass is 323 g/mol. The molecule has 0 aliphatic heterocycles. The van der Waals surface area contributed by atoms with E-state index in [0.29, 0.717) is 0 Å². The predicted molar refractivity (Wildman–Crippen MR) is 96.7 cm³/mol. The molecule has 0 aliphatic carbocycles. The Hall–Kier alpha value is -2.07. The second-order valence-electron chi connectivity index (χ2n) is 5.67. The average molecular weight is 323 g/mol. The number of nitrogens with zero attached hydrogens (tertiary/aromatic N) is 3. The van der Waals surface area contributed by atoms with Crippen molar-refractivity contribution in [3.8, 4) is 11.4 Å². The Morgan fingerprint density at radius 3 is 2.43 bits per heavy atom. The first-order chi connectivity index (χ1) is 11.2. The van der Waals surface area contributed by atoms with Crippen LogP contribution in [0.5, 0.6) is 0 Å². The van der Waals surface area contributed by atoms with E-state index in [9.17, 15) is 0 Å². The molecule has 0 radical (unpaired) electrons. The molecule has 0 N–H and O–H groups in total. The Balaban J connectivity index is 1.58. The van der Waals surface area contributed by atoms with Gasteiger partial charge < -0.3 is 4.57 Å². The van der Waals surface area contributed by atoms with Crippen LogP contribution in [0.25, 0.3) is 11.4 Å². The fourth-order valence-electron chi connectivity index (χ4n) is 2.48. The van der Waals surface area contributed by atoms with E-state index in [-0.39, 0.29) is 0 Å². The molecule has 0 atom stereocenters. The summed E-state index contributed by atoms with van der Waals surface area (Å²) in [5, 5.41) is 9.66. The zero-order valence-corrected chi connectivity index (χ0v) is 14.4. The van der Waals surface area contributed by atoms with E-state index in [1.165, 1.54) is 11.1 Å². The van der Waals surface area contributed by atoms with Gasteiger partial charge in [-0.25, -0.2) is 0 Å². The third-order valence-electron chi connectivity index (χ3n) is 3.83. The fraction of sp³-hybridized carbons (Fsp3) is 0.263.